The molecule has 0 radical (unpaired) electrons. The number of carbonyl (C=O) groups is 1. The molecule has 2 aromatic rings. The van der Waals surface area contributed by atoms with Gasteiger partial charge in [-0.2, -0.15) is 0 Å². The molecule has 0 bridgehead atoms. The Morgan fingerprint density at radius 2 is 1.72 bits per heavy atom. The van der Waals surface area contributed by atoms with Gasteiger partial charge in [-0.3, -0.25) is 4.79 Å². The van der Waals surface area contributed by atoms with E-state index >= 15 is 0 Å². The summed E-state index contributed by atoms with van der Waals surface area (Å²) in [5.41, 5.74) is 2.34. The lowest BCUT2D eigenvalue weighted by Gasteiger charge is -2.11. The smallest absolute Gasteiger partial charge is 0.224 e. The molecular weight excluding hydrogens is 336 g/mol. The summed E-state index contributed by atoms with van der Waals surface area (Å²) in [4.78, 5) is 11.8. The third-order valence-corrected chi connectivity index (χ3v) is 3.84. The quantitative estimate of drug-likeness (QED) is 0.720. The van der Waals surface area contributed by atoms with Gasteiger partial charge in [0.25, 0.3) is 0 Å². The molecule has 0 fully saturated rings. The maximum Gasteiger partial charge on any atom is 0.224 e. The molecule has 4 nitrogen and oxygen atoms in total. The van der Waals surface area contributed by atoms with E-state index in [0.29, 0.717) is 19.7 Å². The number of halogens is 1. The fourth-order valence-electron chi connectivity index (χ4n) is 2.40. The second-order valence-corrected chi connectivity index (χ2v) is 5.92. The Bertz CT molecular complexity index is 617. The average molecular weight is 363 g/mol. The summed E-state index contributed by atoms with van der Waals surface area (Å²) in [5.74, 6) is 0.935. The standard InChI is InChI=1S/C20H26N2O2.ClH/c1-16(14-21-2)20(23)22-13-12-17-8-10-19(11-9-17)24-15-18-6-4-3-5-7-18;/h3-11,16,21H,12-15H2,1-2H3,(H,22,23);1H. The van der Waals surface area contributed by atoms with Gasteiger partial charge < -0.3 is 15.4 Å². The predicted molar refractivity (Wildman–Crippen MR) is 104 cm³/mol. The summed E-state index contributed by atoms with van der Waals surface area (Å²) in [5, 5.41) is 5.98. The van der Waals surface area contributed by atoms with Crippen LogP contribution in [0.3, 0.4) is 0 Å². The fraction of sp³-hybridized carbons (Fsp3) is 0.350. The molecule has 25 heavy (non-hydrogen) atoms. The van der Waals surface area contributed by atoms with Crippen LogP contribution in [0.4, 0.5) is 0 Å². The lowest BCUT2D eigenvalue weighted by molar-refractivity contribution is -0.124. The predicted octanol–water partition coefficient (Wildman–Crippen LogP) is 3.20. The van der Waals surface area contributed by atoms with Crippen molar-refractivity contribution in [3.05, 3.63) is 65.7 Å². The van der Waals surface area contributed by atoms with E-state index in [1.54, 1.807) is 0 Å². The van der Waals surface area contributed by atoms with Gasteiger partial charge in [0.15, 0.2) is 0 Å². The number of hydrogen-bond donors (Lipinski definition) is 2. The number of amides is 1. The SMILES string of the molecule is CNCC(C)C(=O)NCCc1ccc(OCc2ccccc2)cc1.Cl. The molecule has 0 spiro atoms. The molecule has 2 N–H and O–H groups in total. The van der Waals surface area contributed by atoms with Crippen LogP contribution in [0.15, 0.2) is 54.6 Å². The van der Waals surface area contributed by atoms with Crippen molar-refractivity contribution in [2.75, 3.05) is 20.1 Å². The van der Waals surface area contributed by atoms with Gasteiger partial charge >= 0.3 is 0 Å². The monoisotopic (exact) mass is 362 g/mol. The first-order valence-corrected chi connectivity index (χ1v) is 8.37. The first kappa shape index (κ1) is 21.0. The number of carbonyl (C=O) groups excluding carboxylic acids is 1. The lowest BCUT2D eigenvalue weighted by Crippen LogP contribution is -2.35. The van der Waals surface area contributed by atoms with E-state index < -0.39 is 0 Å². The molecule has 0 saturated heterocycles. The van der Waals surface area contributed by atoms with Gasteiger partial charge in [0.2, 0.25) is 5.91 Å². The fourth-order valence-corrected chi connectivity index (χ4v) is 2.40. The van der Waals surface area contributed by atoms with E-state index in [-0.39, 0.29) is 24.2 Å². The third-order valence-electron chi connectivity index (χ3n) is 3.84. The highest BCUT2D eigenvalue weighted by Gasteiger charge is 2.10. The van der Waals surface area contributed by atoms with Crippen molar-refractivity contribution >= 4 is 18.3 Å². The van der Waals surface area contributed by atoms with Crippen molar-refractivity contribution < 1.29 is 9.53 Å². The number of rotatable bonds is 9. The van der Waals surface area contributed by atoms with Crippen LogP contribution in [-0.4, -0.2) is 26.0 Å². The Labute approximate surface area is 156 Å². The van der Waals surface area contributed by atoms with Crippen molar-refractivity contribution in [3.8, 4) is 5.75 Å². The van der Waals surface area contributed by atoms with Gasteiger partial charge in [0.1, 0.15) is 12.4 Å². The van der Waals surface area contributed by atoms with Crippen molar-refractivity contribution in [3.63, 3.8) is 0 Å². The summed E-state index contributed by atoms with van der Waals surface area (Å²) in [6.07, 6.45) is 0.816. The third kappa shape index (κ3) is 7.59. The molecule has 0 saturated carbocycles. The van der Waals surface area contributed by atoms with E-state index in [9.17, 15) is 4.79 Å². The van der Waals surface area contributed by atoms with Crippen molar-refractivity contribution in [1.29, 1.82) is 0 Å². The number of hydrogen-bond acceptors (Lipinski definition) is 3. The maximum atomic E-state index is 11.8. The molecule has 1 amide bonds. The maximum absolute atomic E-state index is 11.8. The van der Waals surface area contributed by atoms with Crippen LogP contribution in [0, 0.1) is 5.92 Å². The zero-order chi connectivity index (χ0) is 17.2. The summed E-state index contributed by atoms with van der Waals surface area (Å²) >= 11 is 0. The molecule has 0 aliphatic heterocycles. The van der Waals surface area contributed by atoms with Crippen molar-refractivity contribution in [1.82, 2.24) is 10.6 Å². The van der Waals surface area contributed by atoms with Crippen LogP contribution < -0.4 is 15.4 Å². The highest BCUT2D eigenvalue weighted by molar-refractivity contribution is 5.85. The molecule has 1 atom stereocenters. The highest BCUT2D eigenvalue weighted by atomic mass is 35.5. The molecule has 0 aliphatic carbocycles. The minimum absolute atomic E-state index is 0. The second kappa shape index (κ2) is 11.5. The first-order chi connectivity index (χ1) is 11.7. The van der Waals surface area contributed by atoms with Crippen molar-refractivity contribution in [2.45, 2.75) is 20.0 Å². The van der Waals surface area contributed by atoms with Crippen LogP contribution in [-0.2, 0) is 17.8 Å². The Kier molecular flexibility index (Phi) is 9.66. The number of benzene rings is 2. The Hall–Kier alpha value is -2.04. The molecule has 0 aromatic heterocycles. The van der Waals surface area contributed by atoms with E-state index in [0.717, 1.165) is 17.7 Å². The van der Waals surface area contributed by atoms with E-state index in [1.165, 1.54) is 5.56 Å². The molecule has 2 rings (SSSR count). The van der Waals surface area contributed by atoms with Crippen molar-refractivity contribution in [2.24, 2.45) is 5.92 Å². The van der Waals surface area contributed by atoms with Gasteiger partial charge in [0.05, 0.1) is 0 Å². The summed E-state index contributed by atoms with van der Waals surface area (Å²) in [7, 11) is 1.85. The molecule has 5 heteroatoms. The Balaban J connectivity index is 0.00000312. The largest absolute Gasteiger partial charge is 0.489 e. The minimum atomic E-state index is -0.0104. The molecule has 1 unspecified atom stereocenters. The van der Waals surface area contributed by atoms with Crippen LogP contribution in [0.5, 0.6) is 5.75 Å². The number of nitrogens with one attached hydrogen (secondary N) is 2. The molecule has 0 heterocycles. The van der Waals surface area contributed by atoms with E-state index in [4.69, 9.17) is 4.74 Å². The molecule has 136 valence electrons. The van der Waals surface area contributed by atoms with E-state index in [2.05, 4.69) is 10.6 Å². The second-order valence-electron chi connectivity index (χ2n) is 5.92. The topological polar surface area (TPSA) is 50.4 Å². The lowest BCUT2D eigenvalue weighted by atomic mass is 10.1. The number of ether oxygens (including phenoxy) is 1. The van der Waals surface area contributed by atoms with Gasteiger partial charge in [-0.25, -0.2) is 0 Å². The normalized spacial score (nSPS) is 11.3. The van der Waals surface area contributed by atoms with Crippen LogP contribution in [0.2, 0.25) is 0 Å². The average Bonchev–Trinajstić information content (AvgIpc) is 2.62. The van der Waals surface area contributed by atoms with Gasteiger partial charge in [0, 0.05) is 19.0 Å². The van der Waals surface area contributed by atoms with Crippen LogP contribution in [0.1, 0.15) is 18.1 Å². The Morgan fingerprint density at radius 1 is 1.04 bits per heavy atom. The van der Waals surface area contributed by atoms with Crippen LogP contribution >= 0.6 is 12.4 Å². The summed E-state index contributed by atoms with van der Waals surface area (Å²) in [6.45, 7) is 3.83. The molecular formula is C20H27ClN2O2. The van der Waals surface area contributed by atoms with Gasteiger partial charge in [-0.1, -0.05) is 49.4 Å². The van der Waals surface area contributed by atoms with Crippen LogP contribution in [0.25, 0.3) is 0 Å². The summed E-state index contributed by atoms with van der Waals surface area (Å²) in [6, 6.07) is 18.1. The zero-order valence-corrected chi connectivity index (χ0v) is 15.6. The highest BCUT2D eigenvalue weighted by Crippen LogP contribution is 2.14. The van der Waals surface area contributed by atoms with Gasteiger partial charge in [-0.05, 0) is 36.7 Å². The Morgan fingerprint density at radius 3 is 2.36 bits per heavy atom. The molecule has 2 aromatic carbocycles. The minimum Gasteiger partial charge on any atom is -0.489 e. The van der Waals surface area contributed by atoms with E-state index in [1.807, 2.05) is 68.6 Å². The van der Waals surface area contributed by atoms with Gasteiger partial charge in [-0.15, -0.1) is 12.4 Å². The zero-order valence-electron chi connectivity index (χ0n) is 14.8. The molecule has 0 aliphatic rings. The summed E-state index contributed by atoms with van der Waals surface area (Å²) < 4.78 is 5.77. The first-order valence-electron chi connectivity index (χ1n) is 8.37.